The molecule has 0 unspecified atom stereocenters. The third-order valence-corrected chi connectivity index (χ3v) is 3.09. The van der Waals surface area contributed by atoms with Gasteiger partial charge in [0.2, 0.25) is 0 Å². The van der Waals surface area contributed by atoms with Gasteiger partial charge in [-0.25, -0.2) is 5.43 Å². The largest absolute Gasteiger partial charge is 0.504 e. The summed E-state index contributed by atoms with van der Waals surface area (Å²) in [5.74, 6) is 0.751. The lowest BCUT2D eigenvalue weighted by atomic mass is 10.2. The number of nitrogens with zero attached hydrogens (tertiary/aromatic N) is 5. The molecule has 1 aromatic heterocycles. The predicted octanol–water partition coefficient (Wildman–Crippen LogP) is 1.82. The summed E-state index contributed by atoms with van der Waals surface area (Å²) in [6, 6.07) is 14.6. The van der Waals surface area contributed by atoms with E-state index < -0.39 is 0 Å². The zero-order valence-electron chi connectivity index (χ0n) is 12.3. The van der Waals surface area contributed by atoms with Crippen molar-refractivity contribution in [1.82, 2.24) is 20.2 Å². The number of rotatable bonds is 5. The van der Waals surface area contributed by atoms with Crippen molar-refractivity contribution in [1.29, 1.82) is 0 Å². The molecule has 2 N–H and O–H groups in total. The number of aromatic hydroxyl groups is 1. The van der Waals surface area contributed by atoms with Gasteiger partial charge in [0, 0.05) is 5.56 Å². The molecule has 0 aliphatic heterocycles. The summed E-state index contributed by atoms with van der Waals surface area (Å²) in [6.07, 6.45) is 1.46. The Balaban J connectivity index is 1.79. The molecule has 0 bridgehead atoms. The molecule has 0 spiro atoms. The molecule has 23 heavy (non-hydrogen) atoms. The van der Waals surface area contributed by atoms with Crippen LogP contribution in [-0.4, -0.2) is 38.6 Å². The Hall–Kier alpha value is -3.42. The van der Waals surface area contributed by atoms with Crippen molar-refractivity contribution in [3.63, 3.8) is 0 Å². The van der Waals surface area contributed by atoms with E-state index in [1.165, 1.54) is 18.0 Å². The topological polar surface area (TPSA) is 97.5 Å². The smallest absolute Gasteiger partial charge is 0.268 e. The molecule has 0 aliphatic carbocycles. The number of aromatic nitrogens is 4. The van der Waals surface area contributed by atoms with Crippen LogP contribution in [-0.2, 0) is 0 Å². The van der Waals surface area contributed by atoms with Crippen LogP contribution in [0, 0.1) is 0 Å². The maximum atomic E-state index is 9.99. The van der Waals surface area contributed by atoms with Gasteiger partial charge in [-0.05, 0) is 34.7 Å². The van der Waals surface area contributed by atoms with E-state index in [-0.39, 0.29) is 5.75 Å². The maximum absolute atomic E-state index is 9.99. The van der Waals surface area contributed by atoms with Gasteiger partial charge in [-0.2, -0.15) is 9.78 Å². The summed E-state index contributed by atoms with van der Waals surface area (Å²) < 4.78 is 6.56. The van der Waals surface area contributed by atoms with Crippen molar-refractivity contribution in [3.8, 4) is 17.2 Å². The third kappa shape index (κ3) is 3.10. The number of anilines is 1. The van der Waals surface area contributed by atoms with E-state index >= 15 is 0 Å². The second-order valence-electron chi connectivity index (χ2n) is 4.52. The average molecular weight is 310 g/mol. The number of phenols is 1. The summed E-state index contributed by atoms with van der Waals surface area (Å²) in [5.41, 5.74) is 4.06. The van der Waals surface area contributed by atoms with Crippen LogP contribution in [0.2, 0.25) is 0 Å². The maximum Gasteiger partial charge on any atom is 0.268 e. The summed E-state index contributed by atoms with van der Waals surface area (Å²) >= 11 is 0. The highest BCUT2D eigenvalue weighted by molar-refractivity contribution is 5.85. The summed E-state index contributed by atoms with van der Waals surface area (Å²) in [7, 11) is 1.49. The van der Waals surface area contributed by atoms with E-state index in [1.54, 1.807) is 18.2 Å². The first kappa shape index (κ1) is 14.5. The molecule has 0 radical (unpaired) electrons. The average Bonchev–Trinajstić information content (AvgIpc) is 3.06. The van der Waals surface area contributed by atoms with Gasteiger partial charge in [0.15, 0.2) is 11.5 Å². The SMILES string of the molecule is COc1cccc(C=NNc2nnnn2-c2ccccc2)c1O. The number of tetrazole rings is 1. The van der Waals surface area contributed by atoms with Gasteiger partial charge in [0.1, 0.15) is 0 Å². The number of hydrazone groups is 1. The molecular formula is C15H14N6O2. The minimum Gasteiger partial charge on any atom is -0.504 e. The first-order valence-corrected chi connectivity index (χ1v) is 6.78. The number of hydrogen-bond donors (Lipinski definition) is 2. The van der Waals surface area contributed by atoms with Gasteiger partial charge < -0.3 is 9.84 Å². The molecule has 3 aromatic rings. The lowest BCUT2D eigenvalue weighted by Gasteiger charge is -2.05. The number of phenolic OH excluding ortho intramolecular Hbond substituents is 1. The highest BCUT2D eigenvalue weighted by atomic mass is 16.5. The van der Waals surface area contributed by atoms with Crippen LogP contribution in [0.25, 0.3) is 5.69 Å². The van der Waals surface area contributed by atoms with Crippen LogP contribution < -0.4 is 10.2 Å². The molecule has 0 saturated carbocycles. The summed E-state index contributed by atoms with van der Waals surface area (Å²) in [5, 5.41) is 25.4. The zero-order valence-corrected chi connectivity index (χ0v) is 12.3. The van der Waals surface area contributed by atoms with E-state index in [1.807, 2.05) is 30.3 Å². The molecule has 116 valence electrons. The Morgan fingerprint density at radius 1 is 1.17 bits per heavy atom. The van der Waals surface area contributed by atoms with E-state index in [4.69, 9.17) is 4.74 Å². The molecule has 0 amide bonds. The van der Waals surface area contributed by atoms with Crippen LogP contribution in [0.5, 0.6) is 11.5 Å². The number of nitrogens with one attached hydrogen (secondary N) is 1. The summed E-state index contributed by atoms with van der Waals surface area (Å²) in [4.78, 5) is 0. The molecule has 1 heterocycles. The minimum absolute atomic E-state index is 0.0169. The fraction of sp³-hybridized carbons (Fsp3) is 0.0667. The van der Waals surface area contributed by atoms with E-state index in [0.717, 1.165) is 5.69 Å². The normalized spacial score (nSPS) is 10.8. The number of methoxy groups -OCH3 is 1. The Bertz CT molecular complexity index is 816. The number of hydrogen-bond acceptors (Lipinski definition) is 7. The molecule has 0 aliphatic rings. The van der Waals surface area contributed by atoms with Crippen molar-refractivity contribution in [2.24, 2.45) is 5.10 Å². The molecule has 0 fully saturated rings. The van der Waals surface area contributed by atoms with Gasteiger partial charge >= 0.3 is 0 Å². The second-order valence-corrected chi connectivity index (χ2v) is 4.52. The quantitative estimate of drug-likeness (QED) is 0.551. The second kappa shape index (κ2) is 6.56. The predicted molar refractivity (Wildman–Crippen MR) is 85.0 cm³/mol. The standard InChI is InChI=1S/C15H14N6O2/c1-23-13-9-5-6-11(14(13)22)10-16-17-15-18-19-20-21(15)12-7-3-2-4-8-12/h2-10,22H,1H3,(H,17,18,20). The van der Waals surface area contributed by atoms with Gasteiger partial charge in [-0.1, -0.05) is 29.4 Å². The lowest BCUT2D eigenvalue weighted by Crippen LogP contribution is -2.03. The fourth-order valence-electron chi connectivity index (χ4n) is 1.97. The van der Waals surface area contributed by atoms with Crippen molar-refractivity contribution in [2.45, 2.75) is 0 Å². The van der Waals surface area contributed by atoms with Crippen LogP contribution in [0.3, 0.4) is 0 Å². The molecular weight excluding hydrogens is 296 g/mol. The van der Waals surface area contributed by atoms with Crippen molar-refractivity contribution < 1.29 is 9.84 Å². The highest BCUT2D eigenvalue weighted by Crippen LogP contribution is 2.27. The first-order valence-electron chi connectivity index (χ1n) is 6.78. The molecule has 8 nitrogen and oxygen atoms in total. The number of para-hydroxylation sites is 2. The lowest BCUT2D eigenvalue weighted by molar-refractivity contribution is 0.373. The van der Waals surface area contributed by atoms with Crippen molar-refractivity contribution >= 4 is 12.2 Å². The molecule has 8 heteroatoms. The van der Waals surface area contributed by atoms with Gasteiger partial charge in [0.05, 0.1) is 19.0 Å². The highest BCUT2D eigenvalue weighted by Gasteiger charge is 2.07. The van der Waals surface area contributed by atoms with Crippen LogP contribution in [0.15, 0.2) is 53.6 Å². The van der Waals surface area contributed by atoms with Crippen LogP contribution >= 0.6 is 0 Å². The van der Waals surface area contributed by atoms with Crippen LogP contribution in [0.1, 0.15) is 5.56 Å². The molecule has 0 saturated heterocycles. The van der Waals surface area contributed by atoms with E-state index in [0.29, 0.717) is 17.3 Å². The summed E-state index contributed by atoms with van der Waals surface area (Å²) in [6.45, 7) is 0. The Morgan fingerprint density at radius 2 is 2.00 bits per heavy atom. The molecule has 3 rings (SSSR count). The Morgan fingerprint density at radius 3 is 2.78 bits per heavy atom. The Labute approximate surface area is 132 Å². The van der Waals surface area contributed by atoms with Gasteiger partial charge in [-0.15, -0.1) is 0 Å². The Kier molecular flexibility index (Phi) is 4.14. The van der Waals surface area contributed by atoms with Crippen LogP contribution in [0.4, 0.5) is 5.95 Å². The molecule has 0 atom stereocenters. The van der Waals surface area contributed by atoms with Crippen molar-refractivity contribution in [3.05, 3.63) is 54.1 Å². The first-order chi connectivity index (χ1) is 11.3. The van der Waals surface area contributed by atoms with Gasteiger partial charge in [0.25, 0.3) is 5.95 Å². The minimum atomic E-state index is 0.0169. The third-order valence-electron chi connectivity index (χ3n) is 3.09. The fourth-order valence-corrected chi connectivity index (χ4v) is 1.97. The van der Waals surface area contributed by atoms with Gasteiger partial charge in [-0.3, -0.25) is 0 Å². The van der Waals surface area contributed by atoms with E-state index in [9.17, 15) is 5.11 Å². The molecule has 2 aromatic carbocycles. The number of benzene rings is 2. The monoisotopic (exact) mass is 310 g/mol. The van der Waals surface area contributed by atoms with Crippen molar-refractivity contribution in [2.75, 3.05) is 12.5 Å². The zero-order chi connectivity index (χ0) is 16.1. The van der Waals surface area contributed by atoms with E-state index in [2.05, 4.69) is 26.1 Å². The number of ether oxygens (including phenoxy) is 1.